The van der Waals surface area contributed by atoms with Gasteiger partial charge in [-0.1, -0.05) is 11.3 Å². The van der Waals surface area contributed by atoms with Crippen LogP contribution in [0.25, 0.3) is 5.69 Å². The second-order valence-electron chi connectivity index (χ2n) is 5.73. The fourth-order valence-corrected chi connectivity index (χ4v) is 3.24. The molecule has 0 aliphatic heterocycles. The normalized spacial score (nSPS) is 10.5. The van der Waals surface area contributed by atoms with Crippen molar-refractivity contribution in [1.82, 2.24) is 15.0 Å². The molecular weight excluding hydrogens is 364 g/mol. The van der Waals surface area contributed by atoms with Crippen LogP contribution in [-0.2, 0) is 4.79 Å². The van der Waals surface area contributed by atoms with E-state index >= 15 is 0 Å². The Kier molecular flexibility index (Phi) is 5.56. The summed E-state index contributed by atoms with van der Waals surface area (Å²) < 4.78 is 6.83. The van der Waals surface area contributed by atoms with Gasteiger partial charge in [-0.25, -0.2) is 4.68 Å². The number of anilines is 1. The molecule has 0 fully saturated rings. The standard InChI is InChI=1S/C19H18N4O3S/c1-12-18(21-22-23(12)15-5-4-6-16(11-15)26-3)19(25)27-17-9-7-14(8-10-17)20-13(2)24/h4-11H,1-3H3,(H,20,24). The molecular formula is C19H18N4O3S. The highest BCUT2D eigenvalue weighted by Crippen LogP contribution is 2.26. The minimum Gasteiger partial charge on any atom is -0.497 e. The van der Waals surface area contributed by atoms with Crippen LogP contribution in [0, 0.1) is 6.92 Å². The minimum atomic E-state index is -0.200. The zero-order chi connectivity index (χ0) is 19.4. The van der Waals surface area contributed by atoms with Gasteiger partial charge in [-0.15, -0.1) is 5.10 Å². The fourth-order valence-electron chi connectivity index (χ4n) is 2.47. The number of aromatic nitrogens is 3. The Morgan fingerprint density at radius 1 is 1.15 bits per heavy atom. The van der Waals surface area contributed by atoms with Crippen molar-refractivity contribution in [2.75, 3.05) is 12.4 Å². The van der Waals surface area contributed by atoms with E-state index in [-0.39, 0.29) is 11.0 Å². The molecule has 0 saturated heterocycles. The molecule has 27 heavy (non-hydrogen) atoms. The Hall–Kier alpha value is -3.13. The lowest BCUT2D eigenvalue weighted by Crippen LogP contribution is -2.05. The molecule has 1 heterocycles. The monoisotopic (exact) mass is 382 g/mol. The molecule has 2 aromatic carbocycles. The van der Waals surface area contributed by atoms with E-state index in [9.17, 15) is 9.59 Å². The number of thioether (sulfide) groups is 1. The predicted octanol–water partition coefficient (Wildman–Crippen LogP) is 3.48. The second-order valence-corrected chi connectivity index (χ2v) is 6.78. The van der Waals surface area contributed by atoms with Crippen LogP contribution in [0.5, 0.6) is 5.75 Å². The van der Waals surface area contributed by atoms with E-state index in [2.05, 4.69) is 15.6 Å². The molecule has 3 rings (SSSR count). The topological polar surface area (TPSA) is 86.1 Å². The number of nitrogens with zero attached hydrogens (tertiary/aromatic N) is 3. The molecule has 0 unspecified atom stereocenters. The van der Waals surface area contributed by atoms with Gasteiger partial charge in [0.05, 0.1) is 18.5 Å². The average Bonchev–Trinajstić information content (AvgIpc) is 3.04. The van der Waals surface area contributed by atoms with Crippen molar-refractivity contribution in [1.29, 1.82) is 0 Å². The summed E-state index contributed by atoms with van der Waals surface area (Å²) in [5, 5.41) is 10.6. The number of carbonyl (C=O) groups excluding carboxylic acids is 2. The van der Waals surface area contributed by atoms with Crippen molar-refractivity contribution >= 4 is 28.5 Å². The van der Waals surface area contributed by atoms with E-state index < -0.39 is 0 Å². The van der Waals surface area contributed by atoms with Gasteiger partial charge in [-0.3, -0.25) is 9.59 Å². The van der Waals surface area contributed by atoms with Crippen LogP contribution in [0.4, 0.5) is 5.69 Å². The number of methoxy groups -OCH3 is 1. The van der Waals surface area contributed by atoms with Crippen molar-refractivity contribution in [2.24, 2.45) is 0 Å². The van der Waals surface area contributed by atoms with E-state index in [1.165, 1.54) is 6.92 Å². The first-order valence-electron chi connectivity index (χ1n) is 8.14. The number of ether oxygens (including phenoxy) is 1. The number of benzene rings is 2. The maximum absolute atomic E-state index is 12.6. The van der Waals surface area contributed by atoms with Crippen molar-refractivity contribution in [2.45, 2.75) is 18.7 Å². The number of rotatable bonds is 5. The third kappa shape index (κ3) is 4.35. The van der Waals surface area contributed by atoms with Crippen LogP contribution < -0.4 is 10.1 Å². The Balaban J connectivity index is 1.77. The highest BCUT2D eigenvalue weighted by Gasteiger charge is 2.18. The summed E-state index contributed by atoms with van der Waals surface area (Å²) in [7, 11) is 1.59. The molecule has 0 atom stereocenters. The molecule has 0 saturated carbocycles. The molecule has 0 aliphatic carbocycles. The number of carbonyl (C=O) groups is 2. The zero-order valence-electron chi connectivity index (χ0n) is 15.1. The first-order valence-corrected chi connectivity index (χ1v) is 8.96. The molecule has 0 aliphatic rings. The van der Waals surface area contributed by atoms with Crippen molar-refractivity contribution in [3.05, 3.63) is 59.9 Å². The van der Waals surface area contributed by atoms with Gasteiger partial charge in [0.25, 0.3) is 0 Å². The van der Waals surface area contributed by atoms with Gasteiger partial charge in [-0.05, 0) is 55.1 Å². The molecule has 0 bridgehead atoms. The van der Waals surface area contributed by atoms with Gasteiger partial charge in [0, 0.05) is 23.6 Å². The number of hydrogen-bond acceptors (Lipinski definition) is 6. The molecule has 1 amide bonds. The van der Waals surface area contributed by atoms with Gasteiger partial charge >= 0.3 is 0 Å². The van der Waals surface area contributed by atoms with Gasteiger partial charge in [0.1, 0.15) is 5.75 Å². The summed E-state index contributed by atoms with van der Waals surface area (Å²) in [6, 6.07) is 14.4. The van der Waals surface area contributed by atoms with Crippen molar-refractivity contribution in [3.8, 4) is 11.4 Å². The fraction of sp³-hybridized carbons (Fsp3) is 0.158. The maximum Gasteiger partial charge on any atom is 0.246 e. The van der Waals surface area contributed by atoms with Gasteiger partial charge < -0.3 is 10.1 Å². The smallest absolute Gasteiger partial charge is 0.246 e. The highest BCUT2D eigenvalue weighted by molar-refractivity contribution is 8.14. The Labute approximate surface area is 160 Å². The van der Waals surface area contributed by atoms with Crippen molar-refractivity contribution < 1.29 is 14.3 Å². The van der Waals surface area contributed by atoms with E-state index in [1.54, 1.807) is 43.0 Å². The molecule has 0 radical (unpaired) electrons. The number of nitrogens with one attached hydrogen (secondary N) is 1. The Morgan fingerprint density at radius 2 is 1.89 bits per heavy atom. The molecule has 1 N–H and O–H groups in total. The summed E-state index contributed by atoms with van der Waals surface area (Å²) in [4.78, 5) is 24.4. The summed E-state index contributed by atoms with van der Waals surface area (Å²) >= 11 is 1.06. The zero-order valence-corrected chi connectivity index (χ0v) is 15.9. The minimum absolute atomic E-state index is 0.142. The lowest BCUT2D eigenvalue weighted by molar-refractivity contribution is -0.114. The van der Waals surface area contributed by atoms with Crippen LogP contribution in [0.3, 0.4) is 0 Å². The molecule has 7 nitrogen and oxygen atoms in total. The number of amides is 1. The average molecular weight is 382 g/mol. The third-order valence-electron chi connectivity index (χ3n) is 3.77. The lowest BCUT2D eigenvalue weighted by atomic mass is 10.3. The largest absolute Gasteiger partial charge is 0.497 e. The molecule has 1 aromatic heterocycles. The van der Waals surface area contributed by atoms with E-state index in [4.69, 9.17) is 4.74 Å². The molecule has 0 spiro atoms. The first kappa shape index (κ1) is 18.7. The summed E-state index contributed by atoms with van der Waals surface area (Å²) in [6.45, 7) is 3.24. The second kappa shape index (κ2) is 8.05. The summed E-state index contributed by atoms with van der Waals surface area (Å²) in [6.07, 6.45) is 0. The van der Waals surface area contributed by atoms with Crippen molar-refractivity contribution in [3.63, 3.8) is 0 Å². The Morgan fingerprint density at radius 3 is 2.56 bits per heavy atom. The first-order chi connectivity index (χ1) is 13.0. The summed E-state index contributed by atoms with van der Waals surface area (Å²) in [5.74, 6) is 0.556. The van der Waals surface area contributed by atoms with E-state index in [1.807, 2.05) is 24.3 Å². The van der Waals surface area contributed by atoms with Gasteiger partial charge in [0.15, 0.2) is 5.69 Å². The predicted molar refractivity (Wildman–Crippen MR) is 104 cm³/mol. The lowest BCUT2D eigenvalue weighted by Gasteiger charge is -2.06. The maximum atomic E-state index is 12.6. The van der Waals surface area contributed by atoms with E-state index in [0.717, 1.165) is 22.3 Å². The highest BCUT2D eigenvalue weighted by atomic mass is 32.2. The van der Waals surface area contributed by atoms with Crippen LogP contribution in [0.1, 0.15) is 23.1 Å². The van der Waals surface area contributed by atoms with Crippen LogP contribution in [0.15, 0.2) is 53.4 Å². The number of hydrogen-bond donors (Lipinski definition) is 1. The Bertz CT molecular complexity index is 983. The molecule has 3 aromatic rings. The summed E-state index contributed by atoms with van der Waals surface area (Å²) in [5.41, 5.74) is 2.40. The molecule has 8 heteroatoms. The SMILES string of the molecule is COc1cccc(-n2nnc(C(=O)Sc3ccc(NC(C)=O)cc3)c2C)c1. The van der Waals surface area contributed by atoms with Crippen LogP contribution in [0.2, 0.25) is 0 Å². The van der Waals surface area contributed by atoms with Gasteiger partial charge in [-0.2, -0.15) is 0 Å². The van der Waals surface area contributed by atoms with Gasteiger partial charge in [0.2, 0.25) is 11.0 Å². The van der Waals surface area contributed by atoms with E-state index in [0.29, 0.717) is 22.8 Å². The quantitative estimate of drug-likeness (QED) is 0.680. The van der Waals surface area contributed by atoms with Crippen LogP contribution >= 0.6 is 11.8 Å². The molecule has 138 valence electrons. The third-order valence-corrected chi connectivity index (χ3v) is 4.66. The van der Waals surface area contributed by atoms with Crippen LogP contribution in [-0.4, -0.2) is 33.1 Å².